The van der Waals surface area contributed by atoms with Crippen LogP contribution in [0, 0.1) is 0 Å². The standard InChI is InChI=1S/C16H20N2O2/c1-2-13(19)7-8-18-16(20)14-9-11-5-3-4-6-12(11)10-15(14)17/h3-6,9-10,13,19H,2,7-8,17H2,1H3,(H,18,20). The number of nitrogens with one attached hydrogen (secondary N) is 1. The zero-order chi connectivity index (χ0) is 14.5. The second-order valence-corrected chi connectivity index (χ2v) is 4.89. The normalized spacial score (nSPS) is 12.3. The Morgan fingerprint density at radius 3 is 2.60 bits per heavy atom. The summed E-state index contributed by atoms with van der Waals surface area (Å²) in [6.07, 6.45) is 0.869. The van der Waals surface area contributed by atoms with Crippen molar-refractivity contribution in [3.63, 3.8) is 0 Å². The molecule has 4 N–H and O–H groups in total. The number of carbonyl (C=O) groups excluding carboxylic acids is 1. The molecule has 0 spiro atoms. The molecule has 0 saturated heterocycles. The van der Waals surface area contributed by atoms with Crippen LogP contribution in [-0.4, -0.2) is 23.7 Å². The average molecular weight is 272 g/mol. The summed E-state index contributed by atoms with van der Waals surface area (Å²) in [5, 5.41) is 14.3. The second-order valence-electron chi connectivity index (χ2n) is 4.89. The molecule has 0 radical (unpaired) electrons. The molecule has 2 aromatic rings. The lowest BCUT2D eigenvalue weighted by molar-refractivity contribution is 0.0943. The summed E-state index contributed by atoms with van der Waals surface area (Å²) in [5.41, 5.74) is 6.89. The van der Waals surface area contributed by atoms with Crippen molar-refractivity contribution in [1.82, 2.24) is 5.32 Å². The van der Waals surface area contributed by atoms with E-state index in [-0.39, 0.29) is 12.0 Å². The summed E-state index contributed by atoms with van der Waals surface area (Å²) >= 11 is 0. The van der Waals surface area contributed by atoms with Gasteiger partial charge in [0.05, 0.1) is 11.7 Å². The number of nitrogen functional groups attached to an aromatic ring is 1. The second kappa shape index (κ2) is 6.39. The molecule has 1 amide bonds. The van der Waals surface area contributed by atoms with E-state index in [0.717, 1.165) is 10.8 Å². The van der Waals surface area contributed by atoms with Crippen molar-refractivity contribution in [1.29, 1.82) is 0 Å². The molecule has 2 aromatic carbocycles. The molecular weight excluding hydrogens is 252 g/mol. The smallest absolute Gasteiger partial charge is 0.253 e. The van der Waals surface area contributed by atoms with Gasteiger partial charge in [0, 0.05) is 12.2 Å². The molecule has 0 fully saturated rings. The minimum atomic E-state index is -0.371. The number of aliphatic hydroxyl groups excluding tert-OH is 1. The number of carbonyl (C=O) groups is 1. The maximum absolute atomic E-state index is 12.1. The SMILES string of the molecule is CCC(O)CCNC(=O)c1cc2ccccc2cc1N. The van der Waals surface area contributed by atoms with Crippen LogP contribution < -0.4 is 11.1 Å². The molecule has 0 heterocycles. The molecule has 0 bridgehead atoms. The number of anilines is 1. The van der Waals surface area contributed by atoms with E-state index in [1.807, 2.05) is 37.3 Å². The highest BCUT2D eigenvalue weighted by Crippen LogP contribution is 2.21. The Morgan fingerprint density at radius 1 is 1.30 bits per heavy atom. The van der Waals surface area contributed by atoms with Crippen molar-refractivity contribution >= 4 is 22.4 Å². The maximum Gasteiger partial charge on any atom is 0.253 e. The van der Waals surface area contributed by atoms with Crippen LogP contribution in [0.4, 0.5) is 5.69 Å². The fraction of sp³-hybridized carbons (Fsp3) is 0.312. The predicted molar refractivity (Wildman–Crippen MR) is 81.6 cm³/mol. The van der Waals surface area contributed by atoms with Crippen LogP contribution in [0.15, 0.2) is 36.4 Å². The topological polar surface area (TPSA) is 75.3 Å². The summed E-state index contributed by atoms with van der Waals surface area (Å²) in [5.74, 6) is -0.198. The summed E-state index contributed by atoms with van der Waals surface area (Å²) in [7, 11) is 0. The quantitative estimate of drug-likeness (QED) is 0.731. The van der Waals surface area contributed by atoms with Gasteiger partial charge in [0.15, 0.2) is 0 Å². The molecule has 2 rings (SSSR count). The molecule has 0 aliphatic carbocycles. The largest absolute Gasteiger partial charge is 0.398 e. The zero-order valence-corrected chi connectivity index (χ0v) is 11.6. The van der Waals surface area contributed by atoms with Crippen LogP contribution in [0.25, 0.3) is 10.8 Å². The monoisotopic (exact) mass is 272 g/mol. The van der Waals surface area contributed by atoms with Crippen LogP contribution in [0.3, 0.4) is 0 Å². The summed E-state index contributed by atoms with van der Waals surface area (Å²) in [6.45, 7) is 2.36. The van der Waals surface area contributed by atoms with E-state index >= 15 is 0 Å². The lowest BCUT2D eigenvalue weighted by atomic mass is 10.0. The zero-order valence-electron chi connectivity index (χ0n) is 11.6. The van der Waals surface area contributed by atoms with Crippen molar-refractivity contribution in [3.8, 4) is 0 Å². The van der Waals surface area contributed by atoms with Crippen LogP contribution in [0.2, 0.25) is 0 Å². The van der Waals surface area contributed by atoms with E-state index in [2.05, 4.69) is 5.32 Å². The molecule has 0 aliphatic heterocycles. The van der Waals surface area contributed by atoms with Gasteiger partial charge in [-0.3, -0.25) is 4.79 Å². The summed E-state index contributed by atoms with van der Waals surface area (Å²) < 4.78 is 0. The van der Waals surface area contributed by atoms with Gasteiger partial charge in [0.25, 0.3) is 5.91 Å². The number of rotatable bonds is 5. The Hall–Kier alpha value is -2.07. The number of nitrogens with two attached hydrogens (primary N) is 1. The molecule has 1 unspecified atom stereocenters. The molecule has 106 valence electrons. The molecule has 0 aromatic heterocycles. The molecule has 0 aliphatic rings. The van der Waals surface area contributed by atoms with Gasteiger partial charge < -0.3 is 16.2 Å². The molecule has 1 atom stereocenters. The Labute approximate surface area is 118 Å². The Balaban J connectivity index is 2.11. The van der Waals surface area contributed by atoms with E-state index in [9.17, 15) is 9.90 Å². The van der Waals surface area contributed by atoms with Crippen molar-refractivity contribution < 1.29 is 9.90 Å². The maximum atomic E-state index is 12.1. The molecule has 0 saturated carbocycles. The lowest BCUT2D eigenvalue weighted by Crippen LogP contribution is -2.27. The van der Waals surface area contributed by atoms with Crippen LogP contribution in [-0.2, 0) is 0 Å². The van der Waals surface area contributed by atoms with E-state index in [1.54, 1.807) is 6.07 Å². The van der Waals surface area contributed by atoms with Crippen LogP contribution >= 0.6 is 0 Å². The highest BCUT2D eigenvalue weighted by atomic mass is 16.3. The minimum Gasteiger partial charge on any atom is -0.398 e. The van der Waals surface area contributed by atoms with Crippen molar-refractivity contribution in [2.24, 2.45) is 0 Å². The van der Waals surface area contributed by atoms with Gasteiger partial charge in [-0.25, -0.2) is 0 Å². The van der Waals surface area contributed by atoms with Gasteiger partial charge in [0.2, 0.25) is 0 Å². The van der Waals surface area contributed by atoms with E-state index in [1.165, 1.54) is 0 Å². The number of hydrogen-bond acceptors (Lipinski definition) is 3. The first-order valence-corrected chi connectivity index (χ1v) is 6.86. The number of amides is 1. The number of benzene rings is 2. The van der Waals surface area contributed by atoms with Crippen molar-refractivity contribution in [3.05, 3.63) is 42.0 Å². The van der Waals surface area contributed by atoms with Gasteiger partial charge in [-0.2, -0.15) is 0 Å². The predicted octanol–water partition coefficient (Wildman–Crippen LogP) is 2.31. The third-order valence-electron chi connectivity index (χ3n) is 3.40. The number of hydrogen-bond donors (Lipinski definition) is 3. The fourth-order valence-corrected chi connectivity index (χ4v) is 2.11. The average Bonchev–Trinajstić information content (AvgIpc) is 2.46. The Morgan fingerprint density at radius 2 is 1.95 bits per heavy atom. The van der Waals surface area contributed by atoms with E-state index in [4.69, 9.17) is 5.73 Å². The third-order valence-corrected chi connectivity index (χ3v) is 3.40. The summed E-state index contributed by atoms with van der Waals surface area (Å²) in [6, 6.07) is 11.4. The fourth-order valence-electron chi connectivity index (χ4n) is 2.11. The number of aliphatic hydroxyl groups is 1. The first-order valence-electron chi connectivity index (χ1n) is 6.86. The summed E-state index contributed by atoms with van der Waals surface area (Å²) in [4.78, 5) is 12.1. The van der Waals surface area contributed by atoms with Gasteiger partial charge >= 0.3 is 0 Å². The van der Waals surface area contributed by atoms with E-state index < -0.39 is 0 Å². The number of fused-ring (bicyclic) bond motifs is 1. The molecule has 4 heteroatoms. The van der Waals surface area contributed by atoms with Crippen LogP contribution in [0.1, 0.15) is 30.1 Å². The first kappa shape index (κ1) is 14.3. The molecule has 4 nitrogen and oxygen atoms in total. The molecule has 20 heavy (non-hydrogen) atoms. The van der Waals surface area contributed by atoms with Gasteiger partial charge in [-0.15, -0.1) is 0 Å². The van der Waals surface area contributed by atoms with Crippen LogP contribution in [0.5, 0.6) is 0 Å². The first-order chi connectivity index (χ1) is 9.61. The van der Waals surface area contributed by atoms with Gasteiger partial charge in [-0.05, 0) is 35.7 Å². The third kappa shape index (κ3) is 3.27. The minimum absolute atomic E-state index is 0.198. The Kier molecular flexibility index (Phi) is 4.58. The highest BCUT2D eigenvalue weighted by molar-refractivity contribution is 6.03. The highest BCUT2D eigenvalue weighted by Gasteiger charge is 2.11. The van der Waals surface area contributed by atoms with E-state index in [0.29, 0.717) is 30.6 Å². The van der Waals surface area contributed by atoms with Crippen molar-refractivity contribution in [2.75, 3.05) is 12.3 Å². The Bertz CT molecular complexity index is 610. The van der Waals surface area contributed by atoms with Crippen molar-refractivity contribution in [2.45, 2.75) is 25.9 Å². The molecular formula is C16H20N2O2. The lowest BCUT2D eigenvalue weighted by Gasteiger charge is -2.11. The van der Waals surface area contributed by atoms with Gasteiger partial charge in [0.1, 0.15) is 0 Å². The van der Waals surface area contributed by atoms with Gasteiger partial charge in [-0.1, -0.05) is 31.2 Å².